The van der Waals surface area contributed by atoms with Gasteiger partial charge in [-0.25, -0.2) is 4.79 Å². The number of alkyl carbamates (subject to hydrolysis) is 1. The summed E-state index contributed by atoms with van der Waals surface area (Å²) in [7, 11) is 0. The fourth-order valence-electron chi connectivity index (χ4n) is 1.32. The standard InChI is InChI=1S/C12H25NO3/c1-8(9(14)11(2,3)4)13-10(15)16-12(5,6)7/h8-9,14H,1-7H3,(H,13,15)/t8-,9+/m1/s1. The number of hydrogen-bond acceptors (Lipinski definition) is 3. The lowest BCUT2D eigenvalue weighted by molar-refractivity contribution is 0.0182. The zero-order valence-electron chi connectivity index (χ0n) is 11.4. The van der Waals surface area contributed by atoms with E-state index in [1.54, 1.807) is 27.7 Å². The van der Waals surface area contributed by atoms with Crippen LogP contribution in [0, 0.1) is 5.41 Å². The predicted molar refractivity (Wildman–Crippen MR) is 64.3 cm³/mol. The topological polar surface area (TPSA) is 58.6 Å². The molecule has 0 aromatic heterocycles. The van der Waals surface area contributed by atoms with Gasteiger partial charge in [0.1, 0.15) is 5.60 Å². The van der Waals surface area contributed by atoms with Crippen molar-refractivity contribution in [1.82, 2.24) is 5.32 Å². The van der Waals surface area contributed by atoms with Gasteiger partial charge < -0.3 is 15.2 Å². The Morgan fingerprint density at radius 2 is 1.62 bits per heavy atom. The van der Waals surface area contributed by atoms with Gasteiger partial charge in [0.15, 0.2) is 0 Å². The summed E-state index contributed by atoms with van der Waals surface area (Å²) >= 11 is 0. The zero-order chi connectivity index (χ0) is 13.1. The van der Waals surface area contributed by atoms with Crippen LogP contribution < -0.4 is 5.32 Å². The number of aliphatic hydroxyl groups excluding tert-OH is 1. The van der Waals surface area contributed by atoms with Gasteiger partial charge in [-0.3, -0.25) is 0 Å². The van der Waals surface area contributed by atoms with Gasteiger partial charge in [0.2, 0.25) is 0 Å². The molecule has 96 valence electrons. The minimum atomic E-state index is -0.611. The first kappa shape index (κ1) is 15.2. The predicted octanol–water partition coefficient (Wildman–Crippen LogP) is 2.31. The molecule has 0 fully saturated rings. The van der Waals surface area contributed by atoms with E-state index in [2.05, 4.69) is 5.32 Å². The summed E-state index contributed by atoms with van der Waals surface area (Å²) in [6, 6.07) is -0.338. The highest BCUT2D eigenvalue weighted by atomic mass is 16.6. The van der Waals surface area contributed by atoms with Gasteiger partial charge in [0.05, 0.1) is 12.1 Å². The van der Waals surface area contributed by atoms with Crippen molar-refractivity contribution in [2.24, 2.45) is 5.41 Å². The first-order chi connectivity index (χ1) is 6.93. The molecule has 4 nitrogen and oxygen atoms in total. The molecule has 0 aromatic carbocycles. The molecule has 16 heavy (non-hydrogen) atoms. The maximum atomic E-state index is 11.5. The molecule has 1 amide bonds. The van der Waals surface area contributed by atoms with E-state index >= 15 is 0 Å². The van der Waals surface area contributed by atoms with Gasteiger partial charge in [-0.2, -0.15) is 0 Å². The number of aliphatic hydroxyl groups is 1. The van der Waals surface area contributed by atoms with Gasteiger partial charge in [-0.1, -0.05) is 20.8 Å². The molecule has 0 bridgehead atoms. The molecule has 0 aliphatic rings. The van der Waals surface area contributed by atoms with Gasteiger partial charge in [0, 0.05) is 0 Å². The summed E-state index contributed by atoms with van der Waals surface area (Å²) in [6.07, 6.45) is -1.11. The smallest absolute Gasteiger partial charge is 0.407 e. The third kappa shape index (κ3) is 5.95. The maximum Gasteiger partial charge on any atom is 0.407 e. The van der Waals surface area contributed by atoms with Crippen LogP contribution in [0.4, 0.5) is 4.79 Å². The van der Waals surface area contributed by atoms with Crippen molar-refractivity contribution in [3.63, 3.8) is 0 Å². The molecule has 0 heterocycles. The third-order valence-electron chi connectivity index (χ3n) is 2.11. The van der Waals surface area contributed by atoms with Crippen molar-refractivity contribution in [3.8, 4) is 0 Å². The van der Waals surface area contributed by atoms with Crippen LogP contribution in [0.3, 0.4) is 0 Å². The molecular weight excluding hydrogens is 206 g/mol. The number of carbonyl (C=O) groups is 1. The minimum Gasteiger partial charge on any atom is -0.444 e. The molecule has 0 rings (SSSR count). The van der Waals surface area contributed by atoms with Crippen LogP contribution in [-0.2, 0) is 4.74 Å². The summed E-state index contributed by atoms with van der Waals surface area (Å²) in [5.41, 5.74) is -0.787. The highest BCUT2D eigenvalue weighted by Crippen LogP contribution is 2.21. The fourth-order valence-corrected chi connectivity index (χ4v) is 1.32. The summed E-state index contributed by atoms with van der Waals surface area (Å²) in [4.78, 5) is 11.5. The van der Waals surface area contributed by atoms with E-state index < -0.39 is 17.8 Å². The molecule has 0 aromatic rings. The Hall–Kier alpha value is -0.770. The second kappa shape index (κ2) is 5.04. The fraction of sp³-hybridized carbons (Fsp3) is 0.917. The summed E-state index contributed by atoms with van der Waals surface area (Å²) in [5.74, 6) is 0. The van der Waals surface area contributed by atoms with E-state index in [4.69, 9.17) is 4.74 Å². The Kier molecular flexibility index (Phi) is 4.80. The van der Waals surface area contributed by atoms with Crippen LogP contribution in [0.25, 0.3) is 0 Å². The van der Waals surface area contributed by atoms with E-state index in [0.717, 1.165) is 0 Å². The Morgan fingerprint density at radius 3 is 1.94 bits per heavy atom. The van der Waals surface area contributed by atoms with Crippen LogP contribution in [0.1, 0.15) is 48.5 Å². The molecule has 0 saturated carbocycles. The molecule has 2 atom stereocenters. The van der Waals surface area contributed by atoms with E-state index in [1.165, 1.54) is 0 Å². The Bertz CT molecular complexity index is 238. The average Bonchev–Trinajstić information content (AvgIpc) is 1.96. The van der Waals surface area contributed by atoms with Crippen LogP contribution in [0.2, 0.25) is 0 Å². The molecule has 0 unspecified atom stereocenters. The van der Waals surface area contributed by atoms with Crippen molar-refractivity contribution in [2.45, 2.75) is 66.2 Å². The molecule has 0 aliphatic carbocycles. The monoisotopic (exact) mass is 231 g/mol. The zero-order valence-corrected chi connectivity index (χ0v) is 11.4. The summed E-state index contributed by atoms with van der Waals surface area (Å²) in [6.45, 7) is 12.9. The SMILES string of the molecule is C[C@@H](NC(=O)OC(C)(C)C)[C@H](O)C(C)(C)C. The lowest BCUT2D eigenvalue weighted by Crippen LogP contribution is -2.48. The molecule has 0 radical (unpaired) electrons. The highest BCUT2D eigenvalue weighted by molar-refractivity contribution is 5.68. The number of hydrogen-bond donors (Lipinski definition) is 2. The summed E-state index contributed by atoms with van der Waals surface area (Å²) in [5, 5.41) is 12.6. The van der Waals surface area contributed by atoms with Gasteiger partial charge in [-0.05, 0) is 33.1 Å². The van der Waals surface area contributed by atoms with Crippen LogP contribution >= 0.6 is 0 Å². The molecule has 0 aliphatic heterocycles. The highest BCUT2D eigenvalue weighted by Gasteiger charge is 2.29. The Morgan fingerprint density at radius 1 is 1.19 bits per heavy atom. The Labute approximate surface area is 98.4 Å². The van der Waals surface area contributed by atoms with Crippen molar-refractivity contribution >= 4 is 6.09 Å². The average molecular weight is 231 g/mol. The Balaban J connectivity index is 4.26. The van der Waals surface area contributed by atoms with Crippen molar-refractivity contribution in [2.75, 3.05) is 0 Å². The summed E-state index contributed by atoms with van der Waals surface area (Å²) < 4.78 is 5.11. The lowest BCUT2D eigenvalue weighted by Gasteiger charge is -2.31. The molecule has 2 N–H and O–H groups in total. The van der Waals surface area contributed by atoms with E-state index in [0.29, 0.717) is 0 Å². The number of carbonyl (C=O) groups excluding carboxylic acids is 1. The first-order valence-electron chi connectivity index (χ1n) is 5.61. The lowest BCUT2D eigenvalue weighted by atomic mass is 9.85. The van der Waals surface area contributed by atoms with E-state index in [-0.39, 0.29) is 11.5 Å². The number of nitrogens with one attached hydrogen (secondary N) is 1. The normalized spacial score (nSPS) is 16.5. The molecule has 0 saturated heterocycles. The number of rotatable bonds is 2. The van der Waals surface area contributed by atoms with Crippen LogP contribution in [-0.4, -0.2) is 28.9 Å². The molecular formula is C12H25NO3. The largest absolute Gasteiger partial charge is 0.444 e. The van der Waals surface area contributed by atoms with Gasteiger partial charge in [0.25, 0.3) is 0 Å². The van der Waals surface area contributed by atoms with Gasteiger partial charge >= 0.3 is 6.09 Å². The minimum absolute atomic E-state index is 0.269. The second-order valence-electron chi connectivity index (χ2n) is 6.25. The van der Waals surface area contributed by atoms with Crippen molar-refractivity contribution < 1.29 is 14.6 Å². The maximum absolute atomic E-state index is 11.5. The quantitative estimate of drug-likeness (QED) is 0.766. The van der Waals surface area contributed by atoms with Crippen molar-refractivity contribution in [3.05, 3.63) is 0 Å². The van der Waals surface area contributed by atoms with Crippen LogP contribution in [0.5, 0.6) is 0 Å². The second-order valence-corrected chi connectivity index (χ2v) is 6.25. The third-order valence-corrected chi connectivity index (χ3v) is 2.11. The van der Waals surface area contributed by atoms with Crippen molar-refractivity contribution in [1.29, 1.82) is 0 Å². The first-order valence-corrected chi connectivity index (χ1v) is 5.61. The number of ether oxygens (including phenoxy) is 1. The van der Waals surface area contributed by atoms with Crippen LogP contribution in [0.15, 0.2) is 0 Å². The molecule has 0 spiro atoms. The van der Waals surface area contributed by atoms with E-state index in [9.17, 15) is 9.90 Å². The number of amides is 1. The van der Waals surface area contributed by atoms with E-state index in [1.807, 2.05) is 20.8 Å². The van der Waals surface area contributed by atoms with Gasteiger partial charge in [-0.15, -0.1) is 0 Å². The molecule has 4 heteroatoms.